The van der Waals surface area contributed by atoms with E-state index in [-0.39, 0.29) is 12.5 Å². The molecule has 6 heteroatoms. The van der Waals surface area contributed by atoms with E-state index >= 15 is 0 Å². The quantitative estimate of drug-likeness (QED) is 0.779. The van der Waals surface area contributed by atoms with E-state index in [4.69, 9.17) is 4.74 Å². The van der Waals surface area contributed by atoms with E-state index in [0.717, 1.165) is 5.69 Å². The number of nitrogens with one attached hydrogen (secondary N) is 1. The van der Waals surface area contributed by atoms with Crippen molar-refractivity contribution in [1.29, 1.82) is 0 Å². The van der Waals surface area contributed by atoms with E-state index < -0.39 is 6.10 Å². The number of hydrogen-bond acceptors (Lipinski definition) is 5. The van der Waals surface area contributed by atoms with Crippen molar-refractivity contribution in [1.82, 2.24) is 10.3 Å². The van der Waals surface area contributed by atoms with Crippen molar-refractivity contribution < 1.29 is 14.6 Å². The number of amides is 1. The number of ether oxygens (including phenoxy) is 1. The van der Waals surface area contributed by atoms with Gasteiger partial charge in [-0.25, -0.2) is 4.98 Å². The van der Waals surface area contributed by atoms with Crippen LogP contribution >= 0.6 is 11.3 Å². The molecule has 0 radical (unpaired) electrons. The lowest BCUT2D eigenvalue weighted by atomic mass is 10.1. The van der Waals surface area contributed by atoms with Gasteiger partial charge in [0.2, 0.25) is 0 Å². The second kappa shape index (κ2) is 8.64. The summed E-state index contributed by atoms with van der Waals surface area (Å²) < 4.78 is 5.63. The summed E-state index contributed by atoms with van der Waals surface area (Å²) in [5, 5.41) is 14.5. The Morgan fingerprint density at radius 2 is 2.26 bits per heavy atom. The number of aliphatic hydroxyl groups is 1. The fourth-order valence-electron chi connectivity index (χ4n) is 2.13. The molecule has 0 aliphatic heterocycles. The van der Waals surface area contributed by atoms with E-state index in [1.165, 1.54) is 11.3 Å². The molecular weight excluding hydrogens is 312 g/mol. The molecule has 23 heavy (non-hydrogen) atoms. The van der Waals surface area contributed by atoms with E-state index in [0.29, 0.717) is 30.3 Å². The molecule has 2 aromatic rings. The average molecular weight is 334 g/mol. The number of nitrogens with zero attached hydrogens (tertiary/aromatic N) is 1. The monoisotopic (exact) mass is 334 g/mol. The van der Waals surface area contributed by atoms with Gasteiger partial charge in [0.15, 0.2) is 0 Å². The van der Waals surface area contributed by atoms with Gasteiger partial charge >= 0.3 is 0 Å². The van der Waals surface area contributed by atoms with E-state index in [1.54, 1.807) is 29.8 Å². The highest BCUT2D eigenvalue weighted by atomic mass is 32.1. The van der Waals surface area contributed by atoms with Gasteiger partial charge in [-0.15, -0.1) is 11.3 Å². The number of carbonyl (C=O) groups excluding carboxylic acids is 1. The summed E-state index contributed by atoms with van der Waals surface area (Å²) in [6.45, 7) is 4.70. The molecule has 0 saturated carbocycles. The largest absolute Gasteiger partial charge is 0.487 e. The third kappa shape index (κ3) is 6.00. The molecule has 5 nitrogen and oxygen atoms in total. The van der Waals surface area contributed by atoms with Gasteiger partial charge in [-0.1, -0.05) is 19.9 Å². The van der Waals surface area contributed by atoms with Gasteiger partial charge in [-0.2, -0.15) is 0 Å². The standard InChI is InChI=1S/C17H22N2O3S/c1-12(2)6-15(20)8-18-17(21)13-4-3-5-16(7-13)22-9-14-10-23-11-19-14/h3-5,7,10-12,15,20H,6,8-9H2,1-2H3,(H,18,21). The van der Waals surface area contributed by atoms with Gasteiger partial charge in [-0.3, -0.25) is 4.79 Å². The fourth-order valence-corrected chi connectivity index (χ4v) is 2.68. The molecule has 1 atom stereocenters. The van der Waals surface area contributed by atoms with Crippen LogP contribution in [0.3, 0.4) is 0 Å². The number of carbonyl (C=O) groups is 1. The Bertz CT molecular complexity index is 614. The van der Waals surface area contributed by atoms with Crippen LogP contribution in [0.15, 0.2) is 35.2 Å². The lowest BCUT2D eigenvalue weighted by molar-refractivity contribution is 0.0900. The number of benzene rings is 1. The first-order valence-electron chi connectivity index (χ1n) is 7.60. The van der Waals surface area contributed by atoms with Crippen LogP contribution in [0.5, 0.6) is 5.75 Å². The van der Waals surface area contributed by atoms with E-state index in [9.17, 15) is 9.90 Å². The Labute approximate surface area is 140 Å². The molecule has 1 amide bonds. The lowest BCUT2D eigenvalue weighted by Crippen LogP contribution is -2.32. The molecule has 1 aromatic heterocycles. The first kappa shape index (κ1) is 17.4. The maximum absolute atomic E-state index is 12.1. The predicted molar refractivity (Wildman–Crippen MR) is 90.7 cm³/mol. The van der Waals surface area contributed by atoms with Crippen molar-refractivity contribution >= 4 is 17.2 Å². The molecule has 0 bridgehead atoms. The van der Waals surface area contributed by atoms with Crippen LogP contribution in [0.2, 0.25) is 0 Å². The van der Waals surface area contributed by atoms with Gasteiger partial charge in [-0.05, 0) is 30.5 Å². The smallest absolute Gasteiger partial charge is 0.251 e. The second-order valence-electron chi connectivity index (χ2n) is 5.79. The molecular formula is C17H22N2O3S. The summed E-state index contributed by atoms with van der Waals surface area (Å²) in [5.74, 6) is 0.796. The van der Waals surface area contributed by atoms with E-state index in [1.807, 2.05) is 19.2 Å². The number of rotatable bonds is 8. The van der Waals surface area contributed by atoms with Crippen molar-refractivity contribution in [2.45, 2.75) is 33.0 Å². The summed E-state index contributed by atoms with van der Waals surface area (Å²) in [6, 6.07) is 6.99. The fraction of sp³-hybridized carbons (Fsp3) is 0.412. The number of aliphatic hydroxyl groups excluding tert-OH is 1. The Hall–Kier alpha value is -1.92. The first-order chi connectivity index (χ1) is 11.0. The van der Waals surface area contributed by atoms with E-state index in [2.05, 4.69) is 10.3 Å². The van der Waals surface area contributed by atoms with Crippen molar-refractivity contribution in [2.24, 2.45) is 5.92 Å². The van der Waals surface area contributed by atoms with Crippen LogP contribution in [0.4, 0.5) is 0 Å². The molecule has 2 rings (SSSR count). The van der Waals surface area contributed by atoms with Crippen molar-refractivity contribution in [2.75, 3.05) is 6.54 Å². The van der Waals surface area contributed by atoms with Gasteiger partial charge in [0, 0.05) is 17.5 Å². The van der Waals surface area contributed by atoms with Crippen molar-refractivity contribution in [3.05, 3.63) is 46.4 Å². The summed E-state index contributed by atoms with van der Waals surface area (Å²) in [5.41, 5.74) is 3.13. The summed E-state index contributed by atoms with van der Waals surface area (Å²) in [4.78, 5) is 16.3. The van der Waals surface area contributed by atoms with Crippen molar-refractivity contribution in [3.8, 4) is 5.75 Å². The number of thiazole rings is 1. The zero-order chi connectivity index (χ0) is 16.7. The Morgan fingerprint density at radius 1 is 1.43 bits per heavy atom. The van der Waals surface area contributed by atoms with Gasteiger partial charge in [0.25, 0.3) is 5.91 Å². The Morgan fingerprint density at radius 3 is 2.96 bits per heavy atom. The topological polar surface area (TPSA) is 71.5 Å². The second-order valence-corrected chi connectivity index (χ2v) is 6.51. The molecule has 0 aliphatic carbocycles. The maximum atomic E-state index is 12.1. The van der Waals surface area contributed by atoms with Gasteiger partial charge in [0.05, 0.1) is 17.3 Å². The highest BCUT2D eigenvalue weighted by Crippen LogP contribution is 2.15. The average Bonchev–Trinajstić information content (AvgIpc) is 3.03. The minimum absolute atomic E-state index is 0.216. The summed E-state index contributed by atoms with van der Waals surface area (Å²) in [6.07, 6.45) is 0.139. The summed E-state index contributed by atoms with van der Waals surface area (Å²) >= 11 is 1.52. The molecule has 2 N–H and O–H groups in total. The summed E-state index contributed by atoms with van der Waals surface area (Å²) in [7, 11) is 0. The minimum Gasteiger partial charge on any atom is -0.487 e. The number of aromatic nitrogens is 1. The maximum Gasteiger partial charge on any atom is 0.251 e. The molecule has 1 aromatic carbocycles. The SMILES string of the molecule is CC(C)CC(O)CNC(=O)c1cccc(OCc2cscn2)c1. The van der Waals surface area contributed by atoms with Crippen molar-refractivity contribution in [3.63, 3.8) is 0 Å². The normalized spacial score (nSPS) is 12.2. The molecule has 1 unspecified atom stereocenters. The molecule has 1 heterocycles. The van der Waals surface area contributed by atoms with Gasteiger partial charge < -0.3 is 15.2 Å². The first-order valence-corrected chi connectivity index (χ1v) is 8.55. The van der Waals surface area contributed by atoms with Crippen LogP contribution in [0.1, 0.15) is 36.3 Å². The Kier molecular flexibility index (Phi) is 6.55. The Balaban J connectivity index is 1.86. The molecule has 0 fully saturated rings. The van der Waals surface area contributed by atoms with Gasteiger partial charge in [0.1, 0.15) is 12.4 Å². The third-order valence-electron chi connectivity index (χ3n) is 3.21. The van der Waals surface area contributed by atoms with Crippen LogP contribution in [-0.4, -0.2) is 28.6 Å². The minimum atomic E-state index is -0.525. The molecule has 124 valence electrons. The highest BCUT2D eigenvalue weighted by Gasteiger charge is 2.11. The third-order valence-corrected chi connectivity index (χ3v) is 3.84. The zero-order valence-electron chi connectivity index (χ0n) is 13.4. The highest BCUT2D eigenvalue weighted by molar-refractivity contribution is 7.07. The van der Waals surface area contributed by atoms with Crippen LogP contribution in [0, 0.1) is 5.92 Å². The molecule has 0 spiro atoms. The molecule has 0 saturated heterocycles. The van der Waals surface area contributed by atoms with Crippen LogP contribution in [0.25, 0.3) is 0 Å². The van der Waals surface area contributed by atoms with Crippen LogP contribution < -0.4 is 10.1 Å². The molecule has 0 aliphatic rings. The van der Waals surface area contributed by atoms with Crippen LogP contribution in [-0.2, 0) is 6.61 Å². The predicted octanol–water partition coefficient (Wildman–Crippen LogP) is 2.86. The number of hydrogen-bond donors (Lipinski definition) is 2. The zero-order valence-corrected chi connectivity index (χ0v) is 14.2. The lowest BCUT2D eigenvalue weighted by Gasteiger charge is -2.14.